The lowest BCUT2D eigenvalue weighted by Gasteiger charge is -2.14. The molecule has 0 spiro atoms. The minimum absolute atomic E-state index is 0.0408. The summed E-state index contributed by atoms with van der Waals surface area (Å²) in [7, 11) is 0. The summed E-state index contributed by atoms with van der Waals surface area (Å²) in [6.45, 7) is 5.89. The van der Waals surface area contributed by atoms with Crippen molar-refractivity contribution in [3.63, 3.8) is 0 Å². The molecule has 0 saturated carbocycles. The molecule has 192 valence electrons. The minimum atomic E-state index is -0.299. The van der Waals surface area contributed by atoms with Crippen LogP contribution in [0.1, 0.15) is 48.4 Å². The fourth-order valence-electron chi connectivity index (χ4n) is 4.78. The predicted molar refractivity (Wildman–Crippen MR) is 153 cm³/mol. The van der Waals surface area contributed by atoms with E-state index in [1.54, 1.807) is 0 Å². The number of carbonyl (C=O) groups is 1. The molecule has 38 heavy (non-hydrogen) atoms. The largest absolute Gasteiger partial charge is 0.494 e. The van der Waals surface area contributed by atoms with E-state index in [0.717, 1.165) is 48.2 Å². The highest BCUT2D eigenvalue weighted by Gasteiger charge is 2.19. The van der Waals surface area contributed by atoms with Crippen molar-refractivity contribution in [1.82, 2.24) is 15.2 Å². The number of nitrogens with zero attached hydrogens (tertiary/aromatic N) is 2. The second-order valence-corrected chi connectivity index (χ2v) is 9.59. The third kappa shape index (κ3) is 5.96. The number of aromatic amines is 1. The van der Waals surface area contributed by atoms with Gasteiger partial charge in [-0.1, -0.05) is 61.4 Å². The van der Waals surface area contributed by atoms with Crippen molar-refractivity contribution in [1.29, 1.82) is 0 Å². The monoisotopic (exact) mass is 504 g/mol. The van der Waals surface area contributed by atoms with Gasteiger partial charge in [-0.2, -0.15) is 0 Å². The quantitative estimate of drug-likeness (QED) is 0.229. The van der Waals surface area contributed by atoms with Gasteiger partial charge in [-0.3, -0.25) is 9.69 Å². The van der Waals surface area contributed by atoms with Crippen LogP contribution in [0.4, 0.5) is 5.69 Å². The van der Waals surface area contributed by atoms with Gasteiger partial charge in [-0.25, -0.2) is 4.99 Å². The molecule has 3 aromatic carbocycles. The van der Waals surface area contributed by atoms with Crippen LogP contribution in [0.5, 0.6) is 5.88 Å². The van der Waals surface area contributed by atoms with Crippen LogP contribution in [0.15, 0.2) is 77.8 Å². The van der Waals surface area contributed by atoms with Crippen molar-refractivity contribution >= 4 is 28.2 Å². The fraction of sp³-hybridized carbons (Fsp3) is 0.250. The van der Waals surface area contributed by atoms with E-state index in [4.69, 9.17) is 4.99 Å². The molecule has 5 rings (SSSR count). The van der Waals surface area contributed by atoms with E-state index in [-0.39, 0.29) is 11.8 Å². The average molecular weight is 505 g/mol. The maximum atomic E-state index is 11.9. The maximum Gasteiger partial charge on any atom is 0.296 e. The number of carbonyl (C=O) groups excluding carboxylic acids is 1. The van der Waals surface area contributed by atoms with Gasteiger partial charge < -0.3 is 15.4 Å². The van der Waals surface area contributed by atoms with Crippen molar-refractivity contribution in [2.75, 3.05) is 19.6 Å². The maximum absolute atomic E-state index is 11.9. The van der Waals surface area contributed by atoms with Crippen molar-refractivity contribution in [3.8, 4) is 17.7 Å². The molecule has 1 aliphatic rings. The Bertz CT molecular complexity index is 1500. The van der Waals surface area contributed by atoms with Crippen molar-refractivity contribution in [3.05, 3.63) is 95.1 Å². The summed E-state index contributed by atoms with van der Waals surface area (Å²) in [5, 5.41) is 14.6. The molecule has 0 radical (unpaired) electrons. The molecule has 0 bridgehead atoms. The smallest absolute Gasteiger partial charge is 0.296 e. The van der Waals surface area contributed by atoms with Gasteiger partial charge in [0.1, 0.15) is 0 Å². The van der Waals surface area contributed by atoms with E-state index < -0.39 is 0 Å². The van der Waals surface area contributed by atoms with Crippen LogP contribution in [0.25, 0.3) is 10.9 Å². The van der Waals surface area contributed by atoms with Crippen LogP contribution in [0.3, 0.4) is 0 Å². The molecular formula is C32H32N4O2. The molecule has 0 unspecified atom stereocenters. The van der Waals surface area contributed by atoms with Gasteiger partial charge in [0.05, 0.1) is 22.5 Å². The fourth-order valence-corrected chi connectivity index (χ4v) is 4.78. The first-order valence-corrected chi connectivity index (χ1v) is 13.2. The number of rotatable bonds is 7. The summed E-state index contributed by atoms with van der Waals surface area (Å²) in [6.07, 6.45) is 3.41. The van der Waals surface area contributed by atoms with Gasteiger partial charge in [-0.05, 0) is 62.2 Å². The van der Waals surface area contributed by atoms with Crippen molar-refractivity contribution in [2.45, 2.75) is 32.7 Å². The molecule has 1 amide bonds. The van der Waals surface area contributed by atoms with Gasteiger partial charge in [0.15, 0.2) is 5.88 Å². The Labute approximate surface area is 223 Å². The molecular weight excluding hydrogens is 472 g/mol. The highest BCUT2D eigenvalue weighted by Crippen LogP contribution is 2.32. The third-order valence-electron chi connectivity index (χ3n) is 6.70. The molecule has 2 heterocycles. The van der Waals surface area contributed by atoms with E-state index in [9.17, 15) is 9.90 Å². The number of benzene rings is 3. The summed E-state index contributed by atoms with van der Waals surface area (Å²) in [4.78, 5) is 22.4. The van der Waals surface area contributed by atoms with Gasteiger partial charge in [0.2, 0.25) is 0 Å². The van der Waals surface area contributed by atoms with Crippen LogP contribution in [-0.2, 0) is 11.3 Å². The second-order valence-electron chi connectivity index (χ2n) is 9.59. The molecule has 6 nitrogen and oxygen atoms in total. The van der Waals surface area contributed by atoms with E-state index in [2.05, 4.69) is 39.2 Å². The van der Waals surface area contributed by atoms with Crippen molar-refractivity contribution in [2.24, 2.45) is 4.99 Å². The molecule has 6 heteroatoms. The Morgan fingerprint density at radius 2 is 1.82 bits per heavy atom. The lowest BCUT2D eigenvalue weighted by molar-refractivity contribution is -0.115. The minimum Gasteiger partial charge on any atom is -0.494 e. The number of aromatic hydroxyl groups is 1. The number of nitrogens with one attached hydrogen (secondary N) is 2. The Kier molecular flexibility index (Phi) is 7.86. The number of hydrogen-bond acceptors (Lipinski definition) is 4. The Morgan fingerprint density at radius 3 is 2.55 bits per heavy atom. The zero-order valence-corrected chi connectivity index (χ0v) is 21.6. The molecule has 3 N–H and O–H groups in total. The number of aromatic nitrogens is 1. The molecule has 0 atom stereocenters. The molecule has 1 saturated heterocycles. The highest BCUT2D eigenvalue weighted by atomic mass is 16.3. The first-order chi connectivity index (χ1) is 18.6. The number of hydrogen-bond donors (Lipinski definition) is 3. The predicted octanol–water partition coefficient (Wildman–Crippen LogP) is 5.52. The normalized spacial score (nSPS) is 13.9. The second kappa shape index (κ2) is 11.8. The number of aliphatic imine (C=N–C) groups is 1. The Balaban J connectivity index is 1.49. The van der Waals surface area contributed by atoms with Crippen LogP contribution in [0.2, 0.25) is 0 Å². The topological polar surface area (TPSA) is 80.7 Å². The molecule has 1 aromatic heterocycles. The zero-order valence-electron chi connectivity index (χ0n) is 21.6. The zero-order chi connectivity index (χ0) is 26.3. The van der Waals surface area contributed by atoms with E-state index in [1.807, 2.05) is 67.6 Å². The van der Waals surface area contributed by atoms with E-state index in [0.29, 0.717) is 23.4 Å². The van der Waals surface area contributed by atoms with Crippen molar-refractivity contribution < 1.29 is 9.90 Å². The van der Waals surface area contributed by atoms with Crippen LogP contribution >= 0.6 is 0 Å². The number of fused-ring (bicyclic) bond motifs is 1. The highest BCUT2D eigenvalue weighted by molar-refractivity contribution is 6.22. The van der Waals surface area contributed by atoms with Crippen LogP contribution < -0.4 is 5.32 Å². The number of likely N-dealkylation sites (tertiary alicyclic amines) is 1. The Hall–Kier alpha value is -4.34. The van der Waals surface area contributed by atoms with Crippen LogP contribution in [0, 0.1) is 11.8 Å². The van der Waals surface area contributed by atoms with Gasteiger partial charge in [0, 0.05) is 35.5 Å². The first-order valence-electron chi connectivity index (χ1n) is 13.2. The van der Waals surface area contributed by atoms with Gasteiger partial charge in [-0.15, -0.1) is 0 Å². The van der Waals surface area contributed by atoms with Crippen LogP contribution in [-0.4, -0.2) is 46.2 Å². The summed E-state index contributed by atoms with van der Waals surface area (Å²) < 4.78 is 0. The van der Waals surface area contributed by atoms with E-state index in [1.165, 1.54) is 18.4 Å². The average Bonchev–Trinajstić information content (AvgIpc) is 3.57. The third-order valence-corrected chi connectivity index (χ3v) is 6.70. The molecule has 4 aromatic rings. The summed E-state index contributed by atoms with van der Waals surface area (Å²) in [5.41, 5.74) is 5.72. The standard InChI is InChI=1S/C32H32N4O2/c1-2-18-33-29(37)17-13-23-12-16-27-28(21-23)35-32(38)30(27)31(25-8-4-3-5-9-25)34-26-14-10-24(11-15-26)22-36-19-6-7-20-36/h3-5,8-12,14-16,21,35,38H,2,6-7,18-20,22H2,1H3,(H,33,37). The first kappa shape index (κ1) is 25.3. The molecule has 1 fully saturated rings. The SMILES string of the molecule is CCCNC(=O)C#Cc1ccc2c(C(=Nc3ccc(CN4CCCC4)cc3)c3ccccc3)c(O)[nH]c2c1. The lowest BCUT2D eigenvalue weighted by atomic mass is 10.00. The van der Waals surface area contributed by atoms with Gasteiger partial charge in [0.25, 0.3) is 5.91 Å². The molecule has 1 aliphatic heterocycles. The van der Waals surface area contributed by atoms with E-state index >= 15 is 0 Å². The number of amides is 1. The lowest BCUT2D eigenvalue weighted by Crippen LogP contribution is -2.21. The summed E-state index contributed by atoms with van der Waals surface area (Å²) >= 11 is 0. The summed E-state index contributed by atoms with van der Waals surface area (Å²) in [5.74, 6) is 5.28. The number of H-pyrrole nitrogens is 1. The molecule has 0 aliphatic carbocycles. The van der Waals surface area contributed by atoms with Gasteiger partial charge >= 0.3 is 0 Å². The summed E-state index contributed by atoms with van der Waals surface area (Å²) in [6, 6.07) is 23.8. The Morgan fingerprint density at radius 1 is 1.05 bits per heavy atom.